The summed E-state index contributed by atoms with van der Waals surface area (Å²) in [4.78, 5) is 4.46. The maximum Gasteiger partial charge on any atom is 0.393 e. The van der Waals surface area contributed by atoms with Gasteiger partial charge in [0.05, 0.1) is 47.1 Å². The Kier molecular flexibility index (Phi) is 10.4. The van der Waals surface area contributed by atoms with E-state index in [4.69, 9.17) is 4.74 Å². The van der Waals surface area contributed by atoms with Gasteiger partial charge in [-0.2, -0.15) is 13.2 Å². The molecular weight excluding hydrogens is 623 g/mol. The first-order chi connectivity index (χ1) is 21.4. The number of nitrogens with one attached hydrogen (secondary N) is 2. The Balaban J connectivity index is 1.34. The van der Waals surface area contributed by atoms with Crippen molar-refractivity contribution >= 4 is 45.2 Å². The highest BCUT2D eigenvalue weighted by Gasteiger charge is 2.34. The fraction of sp³-hybridized carbons (Fsp3) is 0.515. The number of anilines is 2. The number of alkyl halides is 4. The molecule has 1 aromatic heterocycles. The van der Waals surface area contributed by atoms with Crippen LogP contribution in [0.25, 0.3) is 10.1 Å². The highest BCUT2D eigenvalue weighted by molar-refractivity contribution is 7.71. The molecule has 12 heteroatoms. The highest BCUT2D eigenvalue weighted by atomic mass is 32.1. The van der Waals surface area contributed by atoms with Gasteiger partial charge >= 0.3 is 6.18 Å². The summed E-state index contributed by atoms with van der Waals surface area (Å²) in [7, 11) is 5.02. The smallest absolute Gasteiger partial charge is 0.393 e. The van der Waals surface area contributed by atoms with Gasteiger partial charge in [-0.25, -0.2) is 4.39 Å². The summed E-state index contributed by atoms with van der Waals surface area (Å²) in [5, 5.41) is 7.76. The van der Waals surface area contributed by atoms with E-state index in [1.165, 1.54) is 11.3 Å². The van der Waals surface area contributed by atoms with Crippen molar-refractivity contribution in [3.63, 3.8) is 0 Å². The van der Waals surface area contributed by atoms with Gasteiger partial charge in [0.2, 0.25) is 0 Å². The fourth-order valence-electron chi connectivity index (χ4n) is 6.27. The molecule has 0 unspecified atom stereocenters. The van der Waals surface area contributed by atoms with Crippen molar-refractivity contribution in [3.8, 4) is 17.6 Å². The summed E-state index contributed by atoms with van der Waals surface area (Å²) in [6.45, 7) is 1.22. The predicted octanol–water partition coefficient (Wildman–Crippen LogP) is 6.64. The third-order valence-corrected chi connectivity index (χ3v) is 13.3. The van der Waals surface area contributed by atoms with Crippen molar-refractivity contribution in [2.24, 2.45) is 0 Å². The molecule has 244 valence electrons. The zero-order valence-corrected chi connectivity index (χ0v) is 27.8. The lowest BCUT2D eigenvalue weighted by Crippen LogP contribution is -2.46. The first-order valence-electron chi connectivity index (χ1n) is 15.2. The van der Waals surface area contributed by atoms with Crippen molar-refractivity contribution in [2.75, 3.05) is 70.8 Å². The van der Waals surface area contributed by atoms with Crippen LogP contribution in [0.5, 0.6) is 5.75 Å². The maximum atomic E-state index is 14.8. The number of hydrogen-bond donors (Lipinski definition) is 2. The molecule has 2 fully saturated rings. The molecule has 5 rings (SSSR count). The van der Waals surface area contributed by atoms with E-state index < -0.39 is 32.0 Å². The number of hydrogen-bond acceptors (Lipinski definition) is 7. The largest absolute Gasteiger partial charge is 0.495 e. The molecule has 0 bridgehead atoms. The van der Waals surface area contributed by atoms with Gasteiger partial charge in [0.25, 0.3) is 0 Å². The van der Waals surface area contributed by atoms with Gasteiger partial charge < -0.3 is 29.7 Å². The van der Waals surface area contributed by atoms with E-state index in [-0.39, 0.29) is 12.1 Å². The topological polar surface area (TPSA) is 56.8 Å². The van der Waals surface area contributed by atoms with Gasteiger partial charge in [0.1, 0.15) is 19.1 Å². The zero-order valence-electron chi connectivity index (χ0n) is 26.1. The Morgan fingerprint density at radius 3 is 2.56 bits per heavy atom. The molecule has 2 aromatic carbocycles. The van der Waals surface area contributed by atoms with Crippen LogP contribution in [0, 0.1) is 11.8 Å². The number of piperidine rings is 1. The number of benzene rings is 2. The van der Waals surface area contributed by atoms with Gasteiger partial charge in [-0.1, -0.05) is 24.0 Å². The van der Waals surface area contributed by atoms with E-state index in [9.17, 15) is 22.1 Å². The van der Waals surface area contributed by atoms with E-state index in [1.54, 1.807) is 25.3 Å². The molecule has 0 radical (unpaired) electrons. The number of thiophene rings is 1. The number of ether oxygens (including phenoxy) is 1. The lowest BCUT2D eigenvalue weighted by Gasteiger charge is -2.33. The van der Waals surface area contributed by atoms with E-state index >= 15 is 0 Å². The lowest BCUT2D eigenvalue weighted by molar-refractivity contribution is -0.126. The van der Waals surface area contributed by atoms with Crippen molar-refractivity contribution in [3.05, 3.63) is 46.8 Å². The van der Waals surface area contributed by atoms with Crippen LogP contribution in [0.3, 0.4) is 0 Å². The number of halogens is 4. The summed E-state index contributed by atoms with van der Waals surface area (Å²) in [6, 6.07) is 10.7. The molecule has 0 saturated carbocycles. The summed E-state index contributed by atoms with van der Waals surface area (Å²) in [5.74, 6) is 6.50. The van der Waals surface area contributed by atoms with Gasteiger partial charge in [-0.3, -0.25) is 0 Å². The second kappa shape index (κ2) is 13.9. The number of rotatable bonds is 8. The molecule has 2 atom stereocenters. The molecule has 45 heavy (non-hydrogen) atoms. The molecule has 2 aliphatic rings. The van der Waals surface area contributed by atoms with Gasteiger partial charge in [0.15, 0.2) is 0 Å². The molecule has 2 aliphatic heterocycles. The summed E-state index contributed by atoms with van der Waals surface area (Å²) in [6.07, 6.45) is -2.88. The third kappa shape index (κ3) is 7.97. The predicted molar refractivity (Wildman–Crippen MR) is 178 cm³/mol. The number of nitrogens with zero attached hydrogens (tertiary/aromatic N) is 2. The molecule has 0 aliphatic carbocycles. The number of methoxy groups -OCH3 is 1. The maximum absolute atomic E-state index is 14.8. The zero-order chi connectivity index (χ0) is 32.4. The molecule has 0 spiro atoms. The minimum Gasteiger partial charge on any atom is -0.495 e. The first-order valence-corrected chi connectivity index (χ1v) is 18.1. The SMILES string of the molecule is COc1cc(P2(=O)CCC(N(C)C)CC2)ccc1NCC#Cc1sc2c(N[C@H]3CCN(C)C[C@@H]3F)cccc2c1CC(F)(F)F. The molecule has 6 nitrogen and oxygen atoms in total. The van der Waals surface area contributed by atoms with E-state index in [0.29, 0.717) is 63.4 Å². The Morgan fingerprint density at radius 1 is 1.13 bits per heavy atom. The second-order valence-electron chi connectivity index (χ2n) is 12.3. The minimum atomic E-state index is -4.41. The summed E-state index contributed by atoms with van der Waals surface area (Å²) >= 11 is 1.20. The Hall–Kier alpha value is -2.77. The van der Waals surface area contributed by atoms with Gasteiger partial charge in [-0.05, 0) is 75.6 Å². The van der Waals surface area contributed by atoms with Crippen LogP contribution in [0.2, 0.25) is 0 Å². The Labute approximate surface area is 266 Å². The number of likely N-dealkylation sites (tertiary alicyclic amines) is 1. The van der Waals surface area contributed by atoms with E-state index in [2.05, 4.69) is 41.5 Å². The van der Waals surface area contributed by atoms with E-state index in [1.807, 2.05) is 30.1 Å². The molecule has 3 aromatic rings. The monoisotopic (exact) mass is 664 g/mol. The normalized spacial score (nSPS) is 24.3. The Bertz CT molecular complexity index is 1600. The van der Waals surface area contributed by atoms with Crippen LogP contribution in [0.15, 0.2) is 36.4 Å². The molecule has 3 heterocycles. The van der Waals surface area contributed by atoms with Crippen LogP contribution in [-0.2, 0) is 11.0 Å². The molecule has 2 saturated heterocycles. The molecular formula is C33H41F4N4O2PS. The van der Waals surface area contributed by atoms with Crippen molar-refractivity contribution in [2.45, 2.75) is 50.1 Å². The minimum absolute atomic E-state index is 0.134. The second-order valence-corrected chi connectivity index (χ2v) is 16.5. The molecule has 0 amide bonds. The van der Waals surface area contributed by atoms with Crippen LogP contribution in [0.1, 0.15) is 29.7 Å². The standard InChI is InChI=1S/C33H41F4N4O2PS/c1-40(2)22-13-17-44(42,18-14-22)23-10-11-28(30(19-23)43-4)38-15-6-9-31-25(20-33(35,36)37)24-7-5-8-29(32(24)45-31)39-27-12-16-41(3)21-26(27)34/h5,7-8,10-11,19,22,26-27,38-39H,12-18,20-21H2,1-4H3/t22?,26-,27-,44?/m0/s1. The highest BCUT2D eigenvalue weighted by Crippen LogP contribution is 2.50. The van der Waals surface area contributed by atoms with Crippen molar-refractivity contribution in [1.29, 1.82) is 0 Å². The van der Waals surface area contributed by atoms with E-state index in [0.717, 1.165) is 24.7 Å². The van der Waals surface area contributed by atoms with Crippen molar-refractivity contribution < 1.29 is 26.9 Å². The summed E-state index contributed by atoms with van der Waals surface area (Å²) in [5.41, 5.74) is 1.43. The van der Waals surface area contributed by atoms with Crippen LogP contribution in [0.4, 0.5) is 28.9 Å². The van der Waals surface area contributed by atoms with Crippen molar-refractivity contribution in [1.82, 2.24) is 9.80 Å². The lowest BCUT2D eigenvalue weighted by atomic mass is 10.0. The quantitative estimate of drug-likeness (QED) is 0.160. The summed E-state index contributed by atoms with van der Waals surface area (Å²) < 4.78 is 75.8. The third-order valence-electron chi connectivity index (χ3n) is 8.88. The van der Waals surface area contributed by atoms with Crippen LogP contribution >= 0.6 is 18.5 Å². The molecule has 2 N–H and O–H groups in total. The number of fused-ring (bicyclic) bond motifs is 1. The first kappa shape index (κ1) is 33.6. The average Bonchev–Trinajstić information content (AvgIpc) is 3.33. The Morgan fingerprint density at radius 2 is 1.89 bits per heavy atom. The average molecular weight is 665 g/mol. The fourth-order valence-corrected chi connectivity index (χ4v) is 10.3. The van der Waals surface area contributed by atoms with Crippen LogP contribution in [-0.4, -0.2) is 94.4 Å². The van der Waals surface area contributed by atoms with Gasteiger partial charge in [0, 0.05) is 36.8 Å². The van der Waals surface area contributed by atoms with Gasteiger partial charge in [-0.15, -0.1) is 11.3 Å². The van der Waals surface area contributed by atoms with Crippen LogP contribution < -0.4 is 20.7 Å².